The Morgan fingerprint density at radius 1 is 1.05 bits per heavy atom. The summed E-state index contributed by atoms with van der Waals surface area (Å²) in [5.41, 5.74) is 1.78. The van der Waals surface area contributed by atoms with E-state index in [-0.39, 0.29) is 35.9 Å². The van der Waals surface area contributed by atoms with E-state index in [1.54, 1.807) is 26.0 Å². The van der Waals surface area contributed by atoms with E-state index in [1.807, 2.05) is 66.7 Å². The van der Waals surface area contributed by atoms with E-state index in [2.05, 4.69) is 0 Å². The molecule has 0 spiro atoms. The molecule has 0 aliphatic carbocycles. The summed E-state index contributed by atoms with van der Waals surface area (Å²) in [4.78, 5) is 13.5. The number of aliphatic hydroxyl groups is 4. The maximum absolute atomic E-state index is 13.5. The van der Waals surface area contributed by atoms with Gasteiger partial charge in [-0.15, -0.1) is 0 Å². The van der Waals surface area contributed by atoms with Crippen LogP contribution in [-0.2, 0) is 23.7 Å². The van der Waals surface area contributed by atoms with Crippen LogP contribution in [0.15, 0.2) is 47.3 Å². The van der Waals surface area contributed by atoms with Gasteiger partial charge >= 0.3 is 5.97 Å². The van der Waals surface area contributed by atoms with Crippen molar-refractivity contribution in [2.45, 2.75) is 118 Å². The normalized spacial score (nSPS) is 41.2. The molecule has 1 saturated heterocycles. The van der Waals surface area contributed by atoms with Gasteiger partial charge in [-0.25, -0.2) is 4.79 Å². The second kappa shape index (κ2) is 16.5. The molecule has 9 heteroatoms. The molecule has 2 aliphatic rings. The Morgan fingerprint density at radius 3 is 2.25 bits per heavy atom. The summed E-state index contributed by atoms with van der Waals surface area (Å²) in [6.45, 7) is 17.0. The number of ether oxygens (including phenoxy) is 4. The van der Waals surface area contributed by atoms with E-state index in [4.69, 9.17) is 18.9 Å². The highest BCUT2D eigenvalue weighted by molar-refractivity contribution is 5.87. The maximum Gasteiger partial charge on any atom is 0.373 e. The quantitative estimate of drug-likeness (QED) is 0.298. The summed E-state index contributed by atoms with van der Waals surface area (Å²) in [5, 5.41) is 45.0. The van der Waals surface area contributed by atoms with Crippen LogP contribution in [0.1, 0.15) is 75.2 Å². The number of allylic oxidation sites excluding steroid dienone is 5. The number of carbonyl (C=O) groups excluding carboxylic acids is 1. The number of hydrogen-bond acceptors (Lipinski definition) is 9. The molecule has 12 atom stereocenters. The van der Waals surface area contributed by atoms with E-state index < -0.39 is 60.2 Å². The molecule has 2 rings (SSSR count). The van der Waals surface area contributed by atoms with Crippen molar-refractivity contribution in [1.82, 2.24) is 0 Å². The predicted octanol–water partition coefficient (Wildman–Crippen LogP) is 4.69. The molecular formula is C35H58O9. The van der Waals surface area contributed by atoms with Crippen LogP contribution in [0.25, 0.3) is 0 Å². The molecule has 1 fully saturated rings. The first-order valence-electron chi connectivity index (χ1n) is 15.9. The highest BCUT2D eigenvalue weighted by Crippen LogP contribution is 2.41. The van der Waals surface area contributed by atoms with Gasteiger partial charge in [0.05, 0.1) is 31.5 Å². The number of hydrogen-bond donors (Lipinski definition) is 4. The first kappa shape index (κ1) is 38.2. The number of aliphatic hydroxyl groups excluding tert-OH is 3. The van der Waals surface area contributed by atoms with E-state index in [9.17, 15) is 25.2 Å². The molecule has 0 aromatic carbocycles. The summed E-state index contributed by atoms with van der Waals surface area (Å²) in [6.07, 6.45) is 4.85. The SMILES string of the molecule is CO/C1=C\C(C)=C\[C@@H](C)[C@@H](O)[C@@H](C)C/C(C)=C/C=C/[C@H](OC)[C@H]([C@@H](C)[C@@H](O)[C@H](C)[C@@]2(O)C[C@@H](O)[C@H](C)[C@@H](C(C)C)O2)OC1=O. The van der Waals surface area contributed by atoms with Crippen molar-refractivity contribution in [3.05, 3.63) is 47.3 Å². The third-order valence-electron chi connectivity index (χ3n) is 9.50. The van der Waals surface area contributed by atoms with Gasteiger partial charge in [-0.3, -0.25) is 0 Å². The van der Waals surface area contributed by atoms with Crippen molar-refractivity contribution in [3.8, 4) is 0 Å². The maximum atomic E-state index is 13.5. The zero-order valence-corrected chi connectivity index (χ0v) is 28.6. The standard InChI is InChI=1S/C35H58O9/c1-19(2)32-24(7)27(36)18-35(40,44-32)26(9)31(38)25(8)33-28(41-10)14-12-13-20(3)15-22(5)30(37)23(6)16-21(4)17-29(42-11)34(39)43-33/h12-14,16-17,19,22-28,30-33,36-38,40H,15,18H2,1-11H3/b14-12+,20-13+,21-16+,29-17-/t22-,23+,24-,25-,26-,27+,28-,30-,31+,32+,33-,35+/m0/s1. The highest BCUT2D eigenvalue weighted by atomic mass is 16.6. The van der Waals surface area contributed by atoms with Crippen molar-refractivity contribution < 1.29 is 44.2 Å². The monoisotopic (exact) mass is 622 g/mol. The van der Waals surface area contributed by atoms with Crippen molar-refractivity contribution in [2.24, 2.45) is 35.5 Å². The van der Waals surface area contributed by atoms with Crippen LogP contribution in [0.4, 0.5) is 0 Å². The number of rotatable bonds is 7. The van der Waals surface area contributed by atoms with Gasteiger partial charge in [0.15, 0.2) is 5.79 Å². The number of cyclic esters (lactones) is 1. The molecule has 0 saturated carbocycles. The van der Waals surface area contributed by atoms with Crippen LogP contribution in [0.5, 0.6) is 0 Å². The average molecular weight is 623 g/mol. The first-order valence-corrected chi connectivity index (χ1v) is 15.9. The molecule has 9 nitrogen and oxygen atoms in total. The van der Waals surface area contributed by atoms with Crippen LogP contribution in [0.3, 0.4) is 0 Å². The third-order valence-corrected chi connectivity index (χ3v) is 9.50. The summed E-state index contributed by atoms with van der Waals surface area (Å²) in [5.74, 6) is -4.49. The second-order valence-electron chi connectivity index (χ2n) is 13.6. The van der Waals surface area contributed by atoms with Gasteiger partial charge < -0.3 is 39.4 Å². The van der Waals surface area contributed by atoms with Crippen molar-refractivity contribution in [2.75, 3.05) is 14.2 Å². The second-order valence-corrected chi connectivity index (χ2v) is 13.6. The topological polar surface area (TPSA) is 135 Å². The van der Waals surface area contributed by atoms with E-state index >= 15 is 0 Å². The molecule has 0 amide bonds. The molecule has 0 unspecified atom stereocenters. The lowest BCUT2D eigenvalue weighted by molar-refractivity contribution is -0.328. The Bertz CT molecular complexity index is 1060. The van der Waals surface area contributed by atoms with Crippen LogP contribution >= 0.6 is 0 Å². The molecule has 0 aromatic rings. The van der Waals surface area contributed by atoms with Gasteiger partial charge in [0.2, 0.25) is 5.76 Å². The summed E-state index contributed by atoms with van der Waals surface area (Å²) in [7, 11) is 2.87. The molecule has 44 heavy (non-hydrogen) atoms. The molecule has 2 aliphatic heterocycles. The number of carbonyl (C=O) groups is 1. The Balaban J connectivity index is 2.52. The van der Waals surface area contributed by atoms with Gasteiger partial charge in [-0.2, -0.15) is 0 Å². The lowest BCUT2D eigenvalue weighted by atomic mass is 9.76. The first-order chi connectivity index (χ1) is 20.5. The smallest absolute Gasteiger partial charge is 0.373 e. The lowest BCUT2D eigenvalue weighted by Crippen LogP contribution is -2.59. The minimum atomic E-state index is -1.80. The molecule has 0 bridgehead atoms. The van der Waals surface area contributed by atoms with Gasteiger partial charge in [-0.05, 0) is 38.2 Å². The van der Waals surface area contributed by atoms with Gasteiger partial charge in [0, 0.05) is 37.2 Å². The third kappa shape index (κ3) is 9.50. The molecule has 252 valence electrons. The summed E-state index contributed by atoms with van der Waals surface area (Å²) in [6, 6.07) is 0. The molecule has 0 aromatic heterocycles. The van der Waals surface area contributed by atoms with Crippen LogP contribution in [0.2, 0.25) is 0 Å². The highest BCUT2D eigenvalue weighted by Gasteiger charge is 2.51. The Morgan fingerprint density at radius 2 is 1.68 bits per heavy atom. The number of methoxy groups -OCH3 is 2. The van der Waals surface area contributed by atoms with Crippen LogP contribution < -0.4 is 0 Å². The molecule has 4 N–H and O–H groups in total. The van der Waals surface area contributed by atoms with Crippen molar-refractivity contribution in [3.63, 3.8) is 0 Å². The van der Waals surface area contributed by atoms with E-state index in [0.29, 0.717) is 6.42 Å². The Kier molecular flexibility index (Phi) is 14.3. The summed E-state index contributed by atoms with van der Waals surface area (Å²) >= 11 is 0. The Hall–Kier alpha value is -2.01. The summed E-state index contributed by atoms with van der Waals surface area (Å²) < 4.78 is 23.4. The zero-order valence-electron chi connectivity index (χ0n) is 28.6. The van der Waals surface area contributed by atoms with Crippen molar-refractivity contribution >= 4 is 5.97 Å². The number of esters is 1. The Labute approximate surface area is 264 Å². The van der Waals surface area contributed by atoms with E-state index in [1.165, 1.54) is 14.2 Å². The fourth-order valence-electron chi connectivity index (χ4n) is 6.54. The van der Waals surface area contributed by atoms with Crippen molar-refractivity contribution in [1.29, 1.82) is 0 Å². The molecule has 2 heterocycles. The average Bonchev–Trinajstić information content (AvgIpc) is 2.96. The zero-order chi connectivity index (χ0) is 33.5. The lowest BCUT2D eigenvalue weighted by Gasteiger charge is -2.49. The fraction of sp³-hybridized carbons (Fsp3) is 0.743. The van der Waals surface area contributed by atoms with Gasteiger partial charge in [0.1, 0.15) is 12.2 Å². The molecular weight excluding hydrogens is 564 g/mol. The van der Waals surface area contributed by atoms with Crippen LogP contribution in [-0.4, -0.2) is 83.0 Å². The molecule has 0 radical (unpaired) electrons. The van der Waals surface area contributed by atoms with Crippen LogP contribution in [0, 0.1) is 35.5 Å². The van der Waals surface area contributed by atoms with Gasteiger partial charge in [0.25, 0.3) is 0 Å². The minimum Gasteiger partial charge on any atom is -0.490 e. The van der Waals surface area contributed by atoms with Gasteiger partial charge in [-0.1, -0.05) is 83.9 Å². The largest absolute Gasteiger partial charge is 0.490 e. The van der Waals surface area contributed by atoms with E-state index in [0.717, 1.165) is 11.1 Å². The predicted molar refractivity (Wildman–Crippen MR) is 170 cm³/mol. The minimum absolute atomic E-state index is 0.00492. The fourth-order valence-corrected chi connectivity index (χ4v) is 6.54.